The second-order valence-corrected chi connectivity index (χ2v) is 7.13. The molecule has 1 fully saturated rings. The highest BCUT2D eigenvalue weighted by Gasteiger charge is 2.24. The zero-order chi connectivity index (χ0) is 18.5. The Bertz CT molecular complexity index is 829. The van der Waals surface area contributed by atoms with Crippen LogP contribution in [0.3, 0.4) is 0 Å². The lowest BCUT2D eigenvalue weighted by Crippen LogP contribution is -2.32. The van der Waals surface area contributed by atoms with Gasteiger partial charge in [0.2, 0.25) is 0 Å². The van der Waals surface area contributed by atoms with Gasteiger partial charge in [-0.15, -0.1) is 0 Å². The Kier molecular flexibility index (Phi) is 5.37. The van der Waals surface area contributed by atoms with Gasteiger partial charge in [-0.3, -0.25) is 4.79 Å². The number of nitrogens with one attached hydrogen (secondary N) is 2. The molecule has 2 aliphatic heterocycles. The monoisotopic (exact) mass is 362 g/mol. The van der Waals surface area contributed by atoms with Crippen molar-refractivity contribution in [1.29, 1.82) is 0 Å². The summed E-state index contributed by atoms with van der Waals surface area (Å²) in [5.74, 6) is 0.868. The van der Waals surface area contributed by atoms with Crippen LogP contribution >= 0.6 is 0 Å². The average molecular weight is 362 g/mol. The topological polar surface area (TPSA) is 57.3 Å². The SMILES string of the molecule is O=C(Nc1cnc2c(c1N1CCCCC1)CCCN2)C1=C/C=C\C=C/C=C\1. The van der Waals surface area contributed by atoms with Crippen LogP contribution in [0.25, 0.3) is 0 Å². The number of aromatic nitrogens is 1. The minimum absolute atomic E-state index is 0.102. The highest BCUT2D eigenvalue weighted by Crippen LogP contribution is 2.38. The third-order valence-corrected chi connectivity index (χ3v) is 5.22. The lowest BCUT2D eigenvalue weighted by atomic mass is 10.0. The van der Waals surface area contributed by atoms with E-state index in [1.807, 2.05) is 48.7 Å². The molecule has 4 rings (SSSR count). The van der Waals surface area contributed by atoms with E-state index in [9.17, 15) is 4.79 Å². The van der Waals surface area contributed by atoms with Gasteiger partial charge >= 0.3 is 0 Å². The molecule has 5 nitrogen and oxygen atoms in total. The second kappa shape index (κ2) is 8.25. The van der Waals surface area contributed by atoms with Gasteiger partial charge in [0.05, 0.1) is 17.6 Å². The third-order valence-electron chi connectivity index (χ3n) is 5.22. The summed E-state index contributed by atoms with van der Waals surface area (Å²) in [7, 11) is 0. The zero-order valence-electron chi connectivity index (χ0n) is 15.6. The number of piperidine rings is 1. The Morgan fingerprint density at radius 3 is 2.74 bits per heavy atom. The number of amides is 1. The van der Waals surface area contributed by atoms with Crippen molar-refractivity contribution in [3.8, 4) is 0 Å². The van der Waals surface area contributed by atoms with Crippen LogP contribution < -0.4 is 15.5 Å². The molecule has 1 amide bonds. The molecular weight excluding hydrogens is 336 g/mol. The van der Waals surface area contributed by atoms with E-state index in [-0.39, 0.29) is 5.91 Å². The fourth-order valence-electron chi connectivity index (χ4n) is 3.89. The van der Waals surface area contributed by atoms with E-state index >= 15 is 0 Å². The molecule has 0 spiro atoms. The van der Waals surface area contributed by atoms with Crippen molar-refractivity contribution in [3.63, 3.8) is 0 Å². The van der Waals surface area contributed by atoms with E-state index in [1.165, 1.54) is 24.8 Å². The first-order valence-corrected chi connectivity index (χ1v) is 9.87. The molecule has 2 N–H and O–H groups in total. The molecule has 27 heavy (non-hydrogen) atoms. The number of fused-ring (bicyclic) bond motifs is 1. The molecule has 0 unspecified atom stereocenters. The standard InChI is InChI=1S/C22H26N4O/c27-22(17-10-5-2-1-3-6-11-17)25-19-16-24-21-18(12-9-13-23-21)20(19)26-14-7-4-8-15-26/h1-3,5-6,10-11,16H,4,7-9,12-15H2,(H,23,24)(H,25,27)/b2-1-,3-1?,5-2?,6-3-,10-5-,11-6?,17-10?,17-11+. The molecule has 1 aromatic heterocycles. The number of carbonyl (C=O) groups is 1. The van der Waals surface area contributed by atoms with Gasteiger partial charge in [-0.1, -0.05) is 30.4 Å². The maximum absolute atomic E-state index is 12.9. The van der Waals surface area contributed by atoms with Crippen molar-refractivity contribution in [2.45, 2.75) is 32.1 Å². The number of hydrogen-bond donors (Lipinski definition) is 2. The number of carbonyl (C=O) groups excluding carboxylic acids is 1. The van der Waals surface area contributed by atoms with Crippen LogP contribution in [0.1, 0.15) is 31.2 Å². The summed E-state index contributed by atoms with van der Waals surface area (Å²) in [6.45, 7) is 3.04. The van der Waals surface area contributed by atoms with Gasteiger partial charge in [0.1, 0.15) is 5.82 Å². The van der Waals surface area contributed by atoms with Crippen LogP contribution in [0.4, 0.5) is 17.2 Å². The number of nitrogens with zero attached hydrogens (tertiary/aromatic N) is 2. The van der Waals surface area contributed by atoms with Gasteiger partial charge in [-0.05, 0) is 44.3 Å². The number of pyridine rings is 1. The van der Waals surface area contributed by atoms with Gasteiger partial charge in [0.25, 0.3) is 5.91 Å². The van der Waals surface area contributed by atoms with Crippen LogP contribution in [-0.2, 0) is 11.2 Å². The van der Waals surface area contributed by atoms with E-state index in [0.29, 0.717) is 5.57 Å². The minimum Gasteiger partial charge on any atom is -0.370 e. The highest BCUT2D eigenvalue weighted by atomic mass is 16.1. The Morgan fingerprint density at radius 2 is 1.85 bits per heavy atom. The molecular formula is C22H26N4O. The Hall–Kier alpha value is -2.82. The Morgan fingerprint density at radius 1 is 1.04 bits per heavy atom. The fraction of sp³-hybridized carbons (Fsp3) is 0.364. The van der Waals surface area contributed by atoms with E-state index in [4.69, 9.17) is 0 Å². The molecule has 1 saturated heterocycles. The summed E-state index contributed by atoms with van der Waals surface area (Å²) in [4.78, 5) is 19.9. The van der Waals surface area contributed by atoms with Crippen LogP contribution in [0.5, 0.6) is 0 Å². The predicted octanol–water partition coefficient (Wildman–Crippen LogP) is 3.98. The summed E-state index contributed by atoms with van der Waals surface area (Å²) in [6, 6.07) is 0. The smallest absolute Gasteiger partial charge is 0.255 e. The quantitative estimate of drug-likeness (QED) is 0.854. The fourth-order valence-corrected chi connectivity index (χ4v) is 3.89. The van der Waals surface area contributed by atoms with E-state index in [2.05, 4.69) is 20.5 Å². The van der Waals surface area contributed by atoms with Gasteiger partial charge in [0, 0.05) is 30.8 Å². The van der Waals surface area contributed by atoms with Crippen molar-refractivity contribution in [3.05, 3.63) is 59.9 Å². The van der Waals surface area contributed by atoms with Gasteiger partial charge in [0.15, 0.2) is 0 Å². The molecule has 0 bridgehead atoms. The van der Waals surface area contributed by atoms with Crippen LogP contribution in [-0.4, -0.2) is 30.5 Å². The normalized spacial score (nSPS) is 24.3. The number of anilines is 3. The van der Waals surface area contributed by atoms with Crippen LogP contribution in [0, 0.1) is 0 Å². The summed E-state index contributed by atoms with van der Waals surface area (Å²) in [5.41, 5.74) is 3.85. The largest absolute Gasteiger partial charge is 0.370 e. The maximum atomic E-state index is 12.9. The number of hydrogen-bond acceptors (Lipinski definition) is 4. The molecule has 0 radical (unpaired) electrons. The van der Waals surface area contributed by atoms with Gasteiger partial charge < -0.3 is 15.5 Å². The van der Waals surface area contributed by atoms with Gasteiger partial charge in [-0.2, -0.15) is 0 Å². The van der Waals surface area contributed by atoms with E-state index in [0.717, 1.165) is 49.7 Å². The molecule has 0 aromatic carbocycles. The van der Waals surface area contributed by atoms with Crippen molar-refractivity contribution < 1.29 is 4.79 Å². The lowest BCUT2D eigenvalue weighted by molar-refractivity contribution is -0.112. The summed E-state index contributed by atoms with van der Waals surface area (Å²) < 4.78 is 0. The van der Waals surface area contributed by atoms with Crippen molar-refractivity contribution >= 4 is 23.1 Å². The molecule has 140 valence electrons. The number of allylic oxidation sites excluding steroid dienone is 6. The first kappa shape index (κ1) is 17.6. The van der Waals surface area contributed by atoms with Crippen molar-refractivity contribution in [2.24, 2.45) is 0 Å². The first-order chi connectivity index (χ1) is 13.3. The average Bonchev–Trinajstić information content (AvgIpc) is 2.68. The zero-order valence-corrected chi connectivity index (χ0v) is 15.6. The lowest BCUT2D eigenvalue weighted by Gasteiger charge is -2.34. The molecule has 1 aliphatic carbocycles. The van der Waals surface area contributed by atoms with Crippen LogP contribution in [0.2, 0.25) is 0 Å². The molecule has 5 heteroatoms. The van der Waals surface area contributed by atoms with Gasteiger partial charge in [-0.25, -0.2) is 4.98 Å². The van der Waals surface area contributed by atoms with Crippen molar-refractivity contribution in [2.75, 3.05) is 35.2 Å². The van der Waals surface area contributed by atoms with E-state index < -0.39 is 0 Å². The minimum atomic E-state index is -0.102. The second-order valence-electron chi connectivity index (χ2n) is 7.13. The summed E-state index contributed by atoms with van der Waals surface area (Å²) >= 11 is 0. The molecule has 0 saturated carbocycles. The van der Waals surface area contributed by atoms with Crippen LogP contribution in [0.15, 0.2) is 54.3 Å². The first-order valence-electron chi connectivity index (χ1n) is 9.87. The predicted molar refractivity (Wildman–Crippen MR) is 111 cm³/mol. The molecule has 0 atom stereocenters. The highest BCUT2D eigenvalue weighted by molar-refractivity contribution is 6.08. The Labute approximate surface area is 160 Å². The third kappa shape index (κ3) is 3.97. The summed E-state index contributed by atoms with van der Waals surface area (Å²) in [6.07, 6.45) is 20.8. The number of rotatable bonds is 3. The summed E-state index contributed by atoms with van der Waals surface area (Å²) in [5, 5.41) is 6.54. The molecule has 3 heterocycles. The maximum Gasteiger partial charge on any atom is 0.255 e. The van der Waals surface area contributed by atoms with E-state index in [1.54, 1.807) is 0 Å². The van der Waals surface area contributed by atoms with Crippen molar-refractivity contribution in [1.82, 2.24) is 4.98 Å². The molecule has 1 aromatic rings. The molecule has 3 aliphatic rings. The Balaban J connectivity index is 1.66.